The lowest BCUT2D eigenvalue weighted by molar-refractivity contribution is 0.141. The Morgan fingerprint density at radius 1 is 1.23 bits per heavy atom. The Morgan fingerprint density at radius 3 is 2.73 bits per heavy atom. The van der Waals surface area contributed by atoms with Crippen molar-refractivity contribution in [2.75, 3.05) is 6.54 Å². The topological polar surface area (TPSA) is 75.0 Å². The zero-order chi connectivity index (χ0) is 15.6. The van der Waals surface area contributed by atoms with E-state index < -0.39 is 6.09 Å². The molecule has 0 bridgehead atoms. The molecule has 0 atom stereocenters. The van der Waals surface area contributed by atoms with Gasteiger partial charge in [-0.05, 0) is 17.7 Å². The number of pyridine rings is 1. The fraction of sp³-hybridized carbons (Fsp3) is 0.118. The van der Waals surface area contributed by atoms with Crippen molar-refractivity contribution in [2.45, 2.75) is 6.61 Å². The fourth-order valence-corrected chi connectivity index (χ4v) is 1.57. The molecule has 1 amide bonds. The minimum atomic E-state index is -0.517. The monoisotopic (exact) mass is 291 g/mol. The SMILES string of the molecule is N#Cc1ccc(C#CCNC(=O)OCc2ccccc2)cn1. The Hall–Kier alpha value is -3.31. The number of aromatic nitrogens is 1. The van der Waals surface area contributed by atoms with Gasteiger partial charge in [0.1, 0.15) is 18.4 Å². The summed E-state index contributed by atoms with van der Waals surface area (Å²) in [5.41, 5.74) is 1.94. The molecule has 0 radical (unpaired) electrons. The molecule has 2 aromatic rings. The van der Waals surface area contributed by atoms with Crippen molar-refractivity contribution in [3.05, 3.63) is 65.5 Å². The van der Waals surface area contributed by atoms with Gasteiger partial charge >= 0.3 is 6.09 Å². The van der Waals surface area contributed by atoms with E-state index in [0.29, 0.717) is 11.3 Å². The molecular weight excluding hydrogens is 278 g/mol. The molecule has 0 saturated heterocycles. The van der Waals surface area contributed by atoms with Gasteiger partial charge < -0.3 is 10.1 Å². The Kier molecular flexibility index (Phi) is 5.54. The molecule has 1 aromatic heterocycles. The highest BCUT2D eigenvalue weighted by Crippen LogP contribution is 2.00. The Bertz CT molecular complexity index is 722. The molecule has 1 heterocycles. The first-order valence-corrected chi connectivity index (χ1v) is 6.57. The van der Waals surface area contributed by atoms with Crippen LogP contribution in [0.1, 0.15) is 16.8 Å². The summed E-state index contributed by atoms with van der Waals surface area (Å²) in [6.45, 7) is 0.396. The first-order chi connectivity index (χ1) is 10.8. The summed E-state index contributed by atoms with van der Waals surface area (Å²) in [5.74, 6) is 5.62. The molecule has 0 unspecified atom stereocenters. The van der Waals surface area contributed by atoms with E-state index in [4.69, 9.17) is 10.00 Å². The van der Waals surface area contributed by atoms with Crippen molar-refractivity contribution in [1.29, 1.82) is 5.26 Å². The Morgan fingerprint density at radius 2 is 2.05 bits per heavy atom. The minimum absolute atomic E-state index is 0.174. The molecule has 108 valence electrons. The van der Waals surface area contributed by atoms with Crippen molar-refractivity contribution < 1.29 is 9.53 Å². The number of carbonyl (C=O) groups excluding carboxylic acids is 1. The van der Waals surface area contributed by atoms with E-state index in [0.717, 1.165) is 5.56 Å². The lowest BCUT2D eigenvalue weighted by Gasteiger charge is -2.04. The van der Waals surface area contributed by atoms with Gasteiger partial charge in [-0.15, -0.1) is 0 Å². The zero-order valence-corrected chi connectivity index (χ0v) is 11.7. The smallest absolute Gasteiger partial charge is 0.408 e. The lowest BCUT2D eigenvalue weighted by Crippen LogP contribution is -2.24. The van der Waals surface area contributed by atoms with Crippen LogP contribution >= 0.6 is 0 Å². The number of amides is 1. The standard InChI is InChI=1S/C17H13N3O2/c18-11-16-9-8-14(12-20-16)7-4-10-19-17(21)22-13-15-5-2-1-3-6-15/h1-3,5-6,8-9,12H,10,13H2,(H,19,21). The Labute approximate surface area is 128 Å². The van der Waals surface area contributed by atoms with Gasteiger partial charge in [0, 0.05) is 11.8 Å². The van der Waals surface area contributed by atoms with Crippen LogP contribution < -0.4 is 5.32 Å². The lowest BCUT2D eigenvalue weighted by atomic mass is 10.2. The van der Waals surface area contributed by atoms with E-state index in [1.165, 1.54) is 6.20 Å². The van der Waals surface area contributed by atoms with Crippen LogP contribution in [0, 0.1) is 23.2 Å². The molecule has 2 rings (SSSR count). The quantitative estimate of drug-likeness (QED) is 0.880. The summed E-state index contributed by atoms with van der Waals surface area (Å²) >= 11 is 0. The van der Waals surface area contributed by atoms with Gasteiger partial charge in [0.05, 0.1) is 6.54 Å². The van der Waals surface area contributed by atoms with Crippen LogP contribution in [0.4, 0.5) is 4.79 Å². The van der Waals surface area contributed by atoms with Crippen molar-refractivity contribution in [1.82, 2.24) is 10.3 Å². The molecule has 0 aliphatic carbocycles. The van der Waals surface area contributed by atoms with E-state index >= 15 is 0 Å². The van der Waals surface area contributed by atoms with Crippen LogP contribution in [0.5, 0.6) is 0 Å². The maximum Gasteiger partial charge on any atom is 0.408 e. The van der Waals surface area contributed by atoms with Crippen molar-refractivity contribution in [2.24, 2.45) is 0 Å². The third-order valence-corrected chi connectivity index (χ3v) is 2.64. The molecule has 1 aromatic carbocycles. The number of nitrogens with zero attached hydrogens (tertiary/aromatic N) is 2. The van der Waals surface area contributed by atoms with Crippen LogP contribution in [0.2, 0.25) is 0 Å². The van der Waals surface area contributed by atoms with Crippen LogP contribution in [0.25, 0.3) is 0 Å². The third-order valence-electron chi connectivity index (χ3n) is 2.64. The zero-order valence-electron chi connectivity index (χ0n) is 11.7. The van der Waals surface area contributed by atoms with Crippen LogP contribution in [0.15, 0.2) is 48.7 Å². The molecule has 1 N–H and O–H groups in total. The maximum atomic E-state index is 11.5. The summed E-state index contributed by atoms with van der Waals surface area (Å²) in [7, 11) is 0. The Balaban J connectivity index is 1.73. The van der Waals surface area contributed by atoms with Gasteiger partial charge in [-0.3, -0.25) is 0 Å². The van der Waals surface area contributed by atoms with Crippen LogP contribution in [0.3, 0.4) is 0 Å². The highest BCUT2D eigenvalue weighted by atomic mass is 16.5. The predicted octanol–water partition coefficient (Wildman–Crippen LogP) is 2.23. The van der Waals surface area contributed by atoms with E-state index in [2.05, 4.69) is 22.1 Å². The number of benzene rings is 1. The summed E-state index contributed by atoms with van der Waals surface area (Å²) in [4.78, 5) is 15.4. The first kappa shape index (κ1) is 15.1. The summed E-state index contributed by atoms with van der Waals surface area (Å²) in [6.07, 6.45) is 0.996. The van der Waals surface area contributed by atoms with Crippen molar-refractivity contribution in [3.63, 3.8) is 0 Å². The van der Waals surface area contributed by atoms with Gasteiger partial charge in [0.15, 0.2) is 0 Å². The van der Waals surface area contributed by atoms with Crippen LogP contribution in [-0.4, -0.2) is 17.6 Å². The molecule has 5 heteroatoms. The predicted molar refractivity (Wildman–Crippen MR) is 80.5 cm³/mol. The fourth-order valence-electron chi connectivity index (χ4n) is 1.57. The second-order valence-electron chi connectivity index (χ2n) is 4.26. The highest BCUT2D eigenvalue weighted by molar-refractivity contribution is 5.67. The van der Waals surface area contributed by atoms with Gasteiger partial charge in [-0.2, -0.15) is 5.26 Å². The average molecular weight is 291 g/mol. The number of nitriles is 1. The third kappa shape index (κ3) is 4.99. The molecule has 0 aliphatic heterocycles. The second-order valence-corrected chi connectivity index (χ2v) is 4.26. The van der Waals surface area contributed by atoms with Gasteiger partial charge in [0.2, 0.25) is 0 Å². The minimum Gasteiger partial charge on any atom is -0.445 e. The van der Waals surface area contributed by atoms with Crippen LogP contribution in [-0.2, 0) is 11.3 Å². The summed E-state index contributed by atoms with van der Waals surface area (Å²) in [5, 5.41) is 11.2. The van der Waals surface area contributed by atoms with Gasteiger partial charge in [-0.25, -0.2) is 9.78 Å². The normalized spacial score (nSPS) is 9.05. The first-order valence-electron chi connectivity index (χ1n) is 6.57. The van der Waals surface area contributed by atoms with Crippen molar-refractivity contribution in [3.8, 4) is 17.9 Å². The van der Waals surface area contributed by atoms with Crippen molar-refractivity contribution >= 4 is 6.09 Å². The molecule has 0 fully saturated rings. The molecule has 0 saturated carbocycles. The molecule has 5 nitrogen and oxygen atoms in total. The number of hydrogen-bond donors (Lipinski definition) is 1. The van der Waals surface area contributed by atoms with Gasteiger partial charge in [-0.1, -0.05) is 42.2 Å². The average Bonchev–Trinajstić information content (AvgIpc) is 2.58. The summed E-state index contributed by atoms with van der Waals surface area (Å²) < 4.78 is 5.04. The van der Waals surface area contributed by atoms with E-state index in [-0.39, 0.29) is 13.2 Å². The van der Waals surface area contributed by atoms with Gasteiger partial charge in [0.25, 0.3) is 0 Å². The van der Waals surface area contributed by atoms with E-state index in [1.54, 1.807) is 12.1 Å². The molecule has 0 aliphatic rings. The largest absolute Gasteiger partial charge is 0.445 e. The molecule has 0 spiro atoms. The number of ether oxygens (including phenoxy) is 1. The molecule has 22 heavy (non-hydrogen) atoms. The number of carbonyl (C=O) groups is 1. The highest BCUT2D eigenvalue weighted by Gasteiger charge is 2.00. The maximum absolute atomic E-state index is 11.5. The summed E-state index contributed by atoms with van der Waals surface area (Å²) in [6, 6.07) is 14.6. The number of alkyl carbamates (subject to hydrolysis) is 1. The second kappa shape index (κ2) is 8.08. The van der Waals surface area contributed by atoms with E-state index in [1.807, 2.05) is 36.4 Å². The number of rotatable bonds is 3. The number of hydrogen-bond acceptors (Lipinski definition) is 4. The van der Waals surface area contributed by atoms with E-state index in [9.17, 15) is 4.79 Å². The molecular formula is C17H13N3O2. The number of nitrogens with one attached hydrogen (secondary N) is 1.